The molecule has 1 aromatic heterocycles. The molecule has 1 heterocycles. The highest BCUT2D eigenvalue weighted by Crippen LogP contribution is 2.25. The second kappa shape index (κ2) is 6.80. The van der Waals surface area contributed by atoms with Crippen LogP contribution in [0.15, 0.2) is 66.7 Å². The van der Waals surface area contributed by atoms with Crippen LogP contribution in [0, 0.1) is 0 Å². The zero-order chi connectivity index (χ0) is 18.8. The Morgan fingerprint density at radius 2 is 1.63 bits per heavy atom. The molecule has 0 radical (unpaired) electrons. The van der Waals surface area contributed by atoms with E-state index in [4.69, 9.17) is 9.47 Å². The SMILES string of the molecule is COc1ccc(-c2ccc(C(=O)Oc3cccc4c3nnn4O)cc2)cc1. The maximum absolute atomic E-state index is 12.4. The summed E-state index contributed by atoms with van der Waals surface area (Å²) in [5.74, 6) is 0.501. The van der Waals surface area contributed by atoms with Crippen molar-refractivity contribution in [3.05, 3.63) is 72.3 Å². The fraction of sp³-hybridized carbons (Fsp3) is 0.0500. The third kappa shape index (κ3) is 3.18. The third-order valence-electron chi connectivity index (χ3n) is 4.17. The molecule has 1 N–H and O–H groups in total. The molecule has 7 nitrogen and oxygen atoms in total. The smallest absolute Gasteiger partial charge is 0.343 e. The van der Waals surface area contributed by atoms with E-state index in [0.717, 1.165) is 16.9 Å². The largest absolute Gasteiger partial charge is 0.497 e. The van der Waals surface area contributed by atoms with E-state index in [2.05, 4.69) is 10.3 Å². The summed E-state index contributed by atoms with van der Waals surface area (Å²) in [5.41, 5.74) is 3.05. The third-order valence-corrected chi connectivity index (χ3v) is 4.17. The molecule has 0 spiro atoms. The average Bonchev–Trinajstić information content (AvgIpc) is 3.10. The highest BCUT2D eigenvalue weighted by Gasteiger charge is 2.14. The number of hydrogen-bond acceptors (Lipinski definition) is 6. The molecule has 3 aromatic carbocycles. The van der Waals surface area contributed by atoms with Crippen LogP contribution in [0.4, 0.5) is 0 Å². The summed E-state index contributed by atoms with van der Waals surface area (Å²) in [5, 5.41) is 16.9. The Morgan fingerprint density at radius 3 is 2.30 bits per heavy atom. The second-order valence-corrected chi connectivity index (χ2v) is 5.80. The quantitative estimate of drug-likeness (QED) is 0.340. The van der Waals surface area contributed by atoms with Gasteiger partial charge in [-0.25, -0.2) is 4.79 Å². The number of esters is 1. The van der Waals surface area contributed by atoms with E-state index >= 15 is 0 Å². The summed E-state index contributed by atoms with van der Waals surface area (Å²) in [6, 6.07) is 19.6. The van der Waals surface area contributed by atoms with Crippen LogP contribution in [-0.4, -0.2) is 33.4 Å². The highest BCUT2D eigenvalue weighted by atomic mass is 16.5. The summed E-state index contributed by atoms with van der Waals surface area (Å²) in [6.45, 7) is 0. The minimum Gasteiger partial charge on any atom is -0.497 e. The van der Waals surface area contributed by atoms with Gasteiger partial charge in [0.25, 0.3) is 0 Å². The van der Waals surface area contributed by atoms with Crippen LogP contribution in [0.1, 0.15) is 10.4 Å². The first-order valence-electron chi connectivity index (χ1n) is 8.16. The van der Waals surface area contributed by atoms with Gasteiger partial charge in [-0.3, -0.25) is 0 Å². The molecule has 134 valence electrons. The van der Waals surface area contributed by atoms with E-state index in [1.807, 2.05) is 36.4 Å². The van der Waals surface area contributed by atoms with Gasteiger partial charge in [0.05, 0.1) is 12.7 Å². The van der Waals surface area contributed by atoms with E-state index in [0.29, 0.717) is 21.4 Å². The van der Waals surface area contributed by atoms with Gasteiger partial charge >= 0.3 is 5.97 Å². The van der Waals surface area contributed by atoms with Crippen LogP contribution in [0.25, 0.3) is 22.2 Å². The molecule has 0 atom stereocenters. The molecule has 7 heteroatoms. The Morgan fingerprint density at radius 1 is 0.963 bits per heavy atom. The standard InChI is InChI=1S/C20H15N3O4/c1-26-16-11-9-14(10-12-16)13-5-7-15(8-6-13)20(24)27-18-4-2-3-17-19(18)21-22-23(17)25/h2-12,25H,1H3. The molecule has 0 saturated carbocycles. The summed E-state index contributed by atoms with van der Waals surface area (Å²) >= 11 is 0. The Hall–Kier alpha value is -3.87. The fourth-order valence-corrected chi connectivity index (χ4v) is 2.73. The zero-order valence-corrected chi connectivity index (χ0v) is 14.4. The number of aromatic nitrogens is 3. The van der Waals surface area contributed by atoms with Gasteiger partial charge in [0.1, 0.15) is 11.3 Å². The van der Waals surface area contributed by atoms with Crippen LogP contribution in [0.2, 0.25) is 0 Å². The normalized spacial score (nSPS) is 10.7. The van der Waals surface area contributed by atoms with Crippen molar-refractivity contribution in [3.63, 3.8) is 0 Å². The number of methoxy groups -OCH3 is 1. The summed E-state index contributed by atoms with van der Waals surface area (Å²) in [7, 11) is 1.62. The number of rotatable bonds is 4. The molecule has 4 aromatic rings. The van der Waals surface area contributed by atoms with E-state index in [-0.39, 0.29) is 5.75 Å². The lowest BCUT2D eigenvalue weighted by Crippen LogP contribution is -2.08. The summed E-state index contributed by atoms with van der Waals surface area (Å²) in [6.07, 6.45) is 0. The van der Waals surface area contributed by atoms with Crippen molar-refractivity contribution >= 4 is 17.0 Å². The first-order chi connectivity index (χ1) is 13.2. The van der Waals surface area contributed by atoms with Crippen molar-refractivity contribution < 1.29 is 19.5 Å². The van der Waals surface area contributed by atoms with Gasteiger partial charge in [-0.15, -0.1) is 5.10 Å². The lowest BCUT2D eigenvalue weighted by molar-refractivity contribution is 0.0736. The minimum absolute atomic E-state index is 0.233. The van der Waals surface area contributed by atoms with Crippen molar-refractivity contribution in [1.82, 2.24) is 15.2 Å². The molecule has 4 rings (SSSR count). The first kappa shape index (κ1) is 16.6. The van der Waals surface area contributed by atoms with Crippen molar-refractivity contribution in [2.75, 3.05) is 7.11 Å². The molecule has 0 aliphatic rings. The lowest BCUT2D eigenvalue weighted by atomic mass is 10.0. The van der Waals surface area contributed by atoms with E-state index in [1.165, 1.54) is 0 Å². The van der Waals surface area contributed by atoms with Crippen LogP contribution < -0.4 is 9.47 Å². The molecule has 0 bridgehead atoms. The first-order valence-corrected chi connectivity index (χ1v) is 8.16. The number of hydrogen-bond donors (Lipinski definition) is 1. The average molecular weight is 361 g/mol. The van der Waals surface area contributed by atoms with Gasteiger partial charge in [0, 0.05) is 0 Å². The monoisotopic (exact) mass is 361 g/mol. The Balaban J connectivity index is 1.55. The van der Waals surface area contributed by atoms with Gasteiger partial charge in [-0.2, -0.15) is 0 Å². The number of fused-ring (bicyclic) bond motifs is 1. The summed E-state index contributed by atoms with van der Waals surface area (Å²) < 4.78 is 10.6. The fourth-order valence-electron chi connectivity index (χ4n) is 2.73. The molecular formula is C20H15N3O4. The van der Waals surface area contributed by atoms with Gasteiger partial charge in [-0.1, -0.05) is 35.2 Å². The molecule has 0 fully saturated rings. The number of carbonyl (C=O) groups excluding carboxylic acids is 1. The molecule has 0 unspecified atom stereocenters. The van der Waals surface area contributed by atoms with Gasteiger partial charge in [-0.05, 0) is 52.7 Å². The molecule has 27 heavy (non-hydrogen) atoms. The van der Waals surface area contributed by atoms with E-state index < -0.39 is 5.97 Å². The van der Waals surface area contributed by atoms with Crippen molar-refractivity contribution in [2.24, 2.45) is 0 Å². The van der Waals surface area contributed by atoms with E-state index in [1.54, 1.807) is 37.4 Å². The number of benzene rings is 3. The summed E-state index contributed by atoms with van der Waals surface area (Å²) in [4.78, 5) is 13.1. The van der Waals surface area contributed by atoms with Gasteiger partial charge in [0.15, 0.2) is 11.3 Å². The van der Waals surface area contributed by atoms with Crippen LogP contribution >= 0.6 is 0 Å². The highest BCUT2D eigenvalue weighted by molar-refractivity contribution is 5.94. The topological polar surface area (TPSA) is 86.5 Å². The van der Waals surface area contributed by atoms with Crippen LogP contribution in [0.3, 0.4) is 0 Å². The maximum atomic E-state index is 12.4. The lowest BCUT2D eigenvalue weighted by Gasteiger charge is -2.07. The predicted octanol–water partition coefficient (Wildman–Crippen LogP) is 3.56. The maximum Gasteiger partial charge on any atom is 0.343 e. The molecule has 0 amide bonds. The molecular weight excluding hydrogens is 346 g/mol. The van der Waals surface area contributed by atoms with Crippen LogP contribution in [0.5, 0.6) is 11.5 Å². The second-order valence-electron chi connectivity index (χ2n) is 5.80. The molecule has 0 aliphatic heterocycles. The van der Waals surface area contributed by atoms with Crippen LogP contribution in [-0.2, 0) is 0 Å². The number of ether oxygens (including phenoxy) is 2. The Bertz CT molecular complexity index is 1100. The van der Waals surface area contributed by atoms with Crippen molar-refractivity contribution in [3.8, 4) is 22.6 Å². The Labute approximate surface area is 154 Å². The Kier molecular flexibility index (Phi) is 4.18. The number of carbonyl (C=O) groups is 1. The van der Waals surface area contributed by atoms with Crippen molar-refractivity contribution in [1.29, 1.82) is 0 Å². The predicted molar refractivity (Wildman–Crippen MR) is 98.1 cm³/mol. The van der Waals surface area contributed by atoms with E-state index in [9.17, 15) is 10.0 Å². The van der Waals surface area contributed by atoms with Gasteiger partial charge < -0.3 is 14.7 Å². The zero-order valence-electron chi connectivity index (χ0n) is 14.4. The molecule has 0 saturated heterocycles. The van der Waals surface area contributed by atoms with Crippen molar-refractivity contribution in [2.45, 2.75) is 0 Å². The minimum atomic E-state index is -0.517. The number of nitrogens with zero attached hydrogens (tertiary/aromatic N) is 3. The molecule has 0 aliphatic carbocycles. The van der Waals surface area contributed by atoms with Gasteiger partial charge in [0.2, 0.25) is 0 Å².